The summed E-state index contributed by atoms with van der Waals surface area (Å²) in [6.45, 7) is 6.74. The Balaban J connectivity index is 1.80. The summed E-state index contributed by atoms with van der Waals surface area (Å²) in [7, 11) is 0. The van der Waals surface area contributed by atoms with Crippen molar-refractivity contribution in [1.82, 2.24) is 15.2 Å². The molecule has 0 bridgehead atoms. The molecule has 6 nitrogen and oxygen atoms in total. The van der Waals surface area contributed by atoms with E-state index in [0.29, 0.717) is 18.7 Å². The first-order chi connectivity index (χ1) is 10.3. The molecule has 2 heterocycles. The van der Waals surface area contributed by atoms with Crippen LogP contribution in [0.1, 0.15) is 44.0 Å². The summed E-state index contributed by atoms with van der Waals surface area (Å²) in [5, 5.41) is 2.99. The van der Waals surface area contributed by atoms with Crippen LogP contribution in [0, 0.1) is 0 Å². The fraction of sp³-hybridized carbons (Fsp3) is 0.562. The van der Waals surface area contributed by atoms with Gasteiger partial charge in [-0.15, -0.1) is 0 Å². The molecule has 0 atom stereocenters. The van der Waals surface area contributed by atoms with E-state index in [2.05, 4.69) is 10.3 Å². The minimum atomic E-state index is -0.484. The molecular weight excluding hydrogens is 282 g/mol. The van der Waals surface area contributed by atoms with E-state index in [4.69, 9.17) is 4.74 Å². The van der Waals surface area contributed by atoms with Gasteiger partial charge in [-0.3, -0.25) is 9.78 Å². The monoisotopic (exact) mass is 305 g/mol. The summed E-state index contributed by atoms with van der Waals surface area (Å²) in [4.78, 5) is 29.7. The van der Waals surface area contributed by atoms with E-state index in [1.54, 1.807) is 29.4 Å². The van der Waals surface area contributed by atoms with Crippen LogP contribution in [-0.2, 0) is 4.74 Å². The number of hydrogen-bond acceptors (Lipinski definition) is 4. The number of piperidine rings is 1. The lowest BCUT2D eigenvalue weighted by Gasteiger charge is -2.33. The summed E-state index contributed by atoms with van der Waals surface area (Å²) >= 11 is 0. The van der Waals surface area contributed by atoms with Crippen LogP contribution in [0.2, 0.25) is 0 Å². The van der Waals surface area contributed by atoms with E-state index in [0.717, 1.165) is 12.8 Å². The molecule has 0 radical (unpaired) electrons. The van der Waals surface area contributed by atoms with Gasteiger partial charge >= 0.3 is 6.09 Å². The molecule has 0 unspecified atom stereocenters. The fourth-order valence-corrected chi connectivity index (χ4v) is 2.30. The predicted molar refractivity (Wildman–Crippen MR) is 82.5 cm³/mol. The zero-order valence-electron chi connectivity index (χ0n) is 13.3. The largest absolute Gasteiger partial charge is 0.444 e. The molecule has 1 aromatic heterocycles. The van der Waals surface area contributed by atoms with E-state index in [-0.39, 0.29) is 18.0 Å². The van der Waals surface area contributed by atoms with Crippen molar-refractivity contribution in [1.29, 1.82) is 0 Å². The summed E-state index contributed by atoms with van der Waals surface area (Å²) < 4.78 is 5.35. The Morgan fingerprint density at radius 2 is 2.00 bits per heavy atom. The van der Waals surface area contributed by atoms with Crippen LogP contribution in [0.15, 0.2) is 24.5 Å². The van der Waals surface area contributed by atoms with Gasteiger partial charge in [0.1, 0.15) is 5.60 Å². The van der Waals surface area contributed by atoms with Crippen LogP contribution in [0.25, 0.3) is 0 Å². The van der Waals surface area contributed by atoms with Crippen LogP contribution < -0.4 is 5.32 Å². The smallest absolute Gasteiger partial charge is 0.410 e. The molecule has 22 heavy (non-hydrogen) atoms. The molecule has 1 aliphatic heterocycles. The second-order valence-corrected chi connectivity index (χ2v) is 6.46. The van der Waals surface area contributed by atoms with E-state index < -0.39 is 5.60 Å². The highest BCUT2D eigenvalue weighted by Crippen LogP contribution is 2.15. The number of amides is 2. The number of hydrogen-bond donors (Lipinski definition) is 1. The molecule has 2 rings (SSSR count). The Kier molecular flexibility index (Phi) is 5.00. The maximum absolute atomic E-state index is 12.1. The zero-order valence-corrected chi connectivity index (χ0v) is 13.3. The topological polar surface area (TPSA) is 71.5 Å². The van der Waals surface area contributed by atoms with Crippen LogP contribution in [0.4, 0.5) is 4.79 Å². The molecule has 0 spiro atoms. The molecular formula is C16H23N3O3. The number of nitrogens with zero attached hydrogens (tertiary/aromatic N) is 2. The number of rotatable bonds is 2. The van der Waals surface area contributed by atoms with Crippen molar-refractivity contribution in [3.05, 3.63) is 30.1 Å². The molecule has 2 amide bonds. The lowest BCUT2D eigenvalue weighted by Crippen LogP contribution is -2.47. The van der Waals surface area contributed by atoms with E-state index >= 15 is 0 Å². The molecule has 1 aromatic rings. The molecule has 120 valence electrons. The van der Waals surface area contributed by atoms with Crippen molar-refractivity contribution in [2.75, 3.05) is 13.1 Å². The average Bonchev–Trinajstić information content (AvgIpc) is 2.47. The number of nitrogens with one attached hydrogen (secondary N) is 1. The average molecular weight is 305 g/mol. The molecule has 6 heteroatoms. The number of carbonyl (C=O) groups excluding carboxylic acids is 2. The summed E-state index contributed by atoms with van der Waals surface area (Å²) in [6.07, 6.45) is 4.35. The Bertz CT molecular complexity index is 517. The number of ether oxygens (including phenoxy) is 1. The van der Waals surface area contributed by atoms with Gasteiger partial charge in [0.2, 0.25) is 0 Å². The first-order valence-corrected chi connectivity index (χ1v) is 7.54. The Hall–Kier alpha value is -2.11. The molecule has 0 saturated carbocycles. The Labute approximate surface area is 130 Å². The first-order valence-electron chi connectivity index (χ1n) is 7.54. The molecule has 1 N–H and O–H groups in total. The van der Waals surface area contributed by atoms with Gasteiger partial charge in [0.05, 0.1) is 5.56 Å². The Morgan fingerprint density at radius 3 is 2.55 bits per heavy atom. The van der Waals surface area contributed by atoms with Crippen molar-refractivity contribution in [3.8, 4) is 0 Å². The molecule has 1 aliphatic rings. The van der Waals surface area contributed by atoms with E-state index in [1.807, 2.05) is 20.8 Å². The number of carbonyl (C=O) groups is 2. The van der Waals surface area contributed by atoms with Gasteiger partial charge < -0.3 is 15.0 Å². The van der Waals surface area contributed by atoms with Gasteiger partial charge in [0.15, 0.2) is 0 Å². The molecule has 0 aromatic carbocycles. The van der Waals surface area contributed by atoms with Crippen LogP contribution in [0.3, 0.4) is 0 Å². The van der Waals surface area contributed by atoms with Gasteiger partial charge in [-0.25, -0.2) is 4.79 Å². The molecule has 1 saturated heterocycles. The van der Waals surface area contributed by atoms with Crippen LogP contribution in [0.5, 0.6) is 0 Å². The highest BCUT2D eigenvalue weighted by atomic mass is 16.6. The highest BCUT2D eigenvalue weighted by molar-refractivity contribution is 5.94. The lowest BCUT2D eigenvalue weighted by molar-refractivity contribution is 0.0199. The molecule has 1 fully saturated rings. The molecule has 0 aliphatic carbocycles. The van der Waals surface area contributed by atoms with Gasteiger partial charge in [0.25, 0.3) is 5.91 Å². The van der Waals surface area contributed by atoms with Gasteiger partial charge in [-0.05, 0) is 45.7 Å². The minimum absolute atomic E-state index is 0.0754. The zero-order chi connectivity index (χ0) is 16.2. The maximum atomic E-state index is 12.1. The third-order valence-corrected chi connectivity index (χ3v) is 3.41. The van der Waals surface area contributed by atoms with Crippen molar-refractivity contribution in [3.63, 3.8) is 0 Å². The lowest BCUT2D eigenvalue weighted by atomic mass is 10.0. The van der Waals surface area contributed by atoms with Gasteiger partial charge in [-0.1, -0.05) is 0 Å². The van der Waals surface area contributed by atoms with Crippen molar-refractivity contribution in [2.45, 2.75) is 45.3 Å². The third-order valence-electron chi connectivity index (χ3n) is 3.41. The second kappa shape index (κ2) is 6.77. The van der Waals surface area contributed by atoms with Crippen molar-refractivity contribution < 1.29 is 14.3 Å². The maximum Gasteiger partial charge on any atom is 0.410 e. The second-order valence-electron chi connectivity index (χ2n) is 6.46. The first kappa shape index (κ1) is 16.3. The quantitative estimate of drug-likeness (QED) is 0.909. The van der Waals surface area contributed by atoms with Crippen molar-refractivity contribution >= 4 is 12.0 Å². The number of aromatic nitrogens is 1. The van der Waals surface area contributed by atoms with Crippen molar-refractivity contribution in [2.24, 2.45) is 0 Å². The van der Waals surface area contributed by atoms with Crippen LogP contribution >= 0.6 is 0 Å². The minimum Gasteiger partial charge on any atom is -0.444 e. The SMILES string of the molecule is CC(C)(C)OC(=O)N1CCC(NC(=O)c2cccnc2)CC1. The van der Waals surface area contributed by atoms with Gasteiger partial charge in [0, 0.05) is 31.5 Å². The normalized spacial score (nSPS) is 16.2. The standard InChI is InChI=1S/C16H23N3O3/c1-16(2,3)22-15(21)19-9-6-13(7-10-19)18-14(20)12-5-4-8-17-11-12/h4-5,8,11,13H,6-7,9-10H2,1-3H3,(H,18,20). The van der Waals surface area contributed by atoms with Gasteiger partial charge in [-0.2, -0.15) is 0 Å². The summed E-state index contributed by atoms with van der Waals surface area (Å²) in [6, 6.07) is 3.55. The Morgan fingerprint density at radius 1 is 1.32 bits per heavy atom. The van der Waals surface area contributed by atoms with E-state index in [1.165, 1.54) is 0 Å². The van der Waals surface area contributed by atoms with E-state index in [9.17, 15) is 9.59 Å². The number of likely N-dealkylation sites (tertiary alicyclic amines) is 1. The number of pyridine rings is 1. The third kappa shape index (κ3) is 4.72. The highest BCUT2D eigenvalue weighted by Gasteiger charge is 2.27. The summed E-state index contributed by atoms with van der Waals surface area (Å²) in [5.74, 6) is -0.121. The summed E-state index contributed by atoms with van der Waals surface area (Å²) in [5.41, 5.74) is 0.0692. The predicted octanol–water partition coefficient (Wildman–Crippen LogP) is 2.21. The fourth-order valence-electron chi connectivity index (χ4n) is 2.30. The van der Waals surface area contributed by atoms with Crippen LogP contribution in [-0.4, -0.2) is 46.6 Å².